The van der Waals surface area contributed by atoms with Gasteiger partial charge in [0.05, 0.1) is 17.7 Å². The molecule has 0 saturated carbocycles. The maximum atomic E-state index is 12.8. The highest BCUT2D eigenvalue weighted by Gasteiger charge is 2.26. The van der Waals surface area contributed by atoms with Gasteiger partial charge in [0, 0.05) is 11.5 Å². The van der Waals surface area contributed by atoms with Gasteiger partial charge in [-0.1, -0.05) is 32.1 Å². The first-order chi connectivity index (χ1) is 14.2. The first-order valence-corrected chi connectivity index (χ1v) is 12.8. The number of carbonyl (C=O) groups is 1. The van der Waals surface area contributed by atoms with Gasteiger partial charge in [-0.15, -0.1) is 10.2 Å². The van der Waals surface area contributed by atoms with Crippen LogP contribution in [0.25, 0.3) is 0 Å². The largest absolute Gasteiger partial charge is 0.495 e. The molecule has 0 spiro atoms. The van der Waals surface area contributed by atoms with Gasteiger partial charge < -0.3 is 10.1 Å². The minimum atomic E-state index is -4.23. The second-order valence-corrected chi connectivity index (χ2v) is 12.4. The molecule has 0 fully saturated rings. The Morgan fingerprint density at radius 1 is 1.10 bits per heavy atom. The molecule has 14 heteroatoms. The Labute approximate surface area is 185 Å². The molecule has 1 aromatic carbocycles. The lowest BCUT2D eigenvalue weighted by Crippen LogP contribution is -2.30. The molecule has 0 radical (unpaired) electrons. The second-order valence-electron chi connectivity index (χ2n) is 7.82. The van der Waals surface area contributed by atoms with Crippen molar-refractivity contribution in [3.8, 4) is 5.75 Å². The van der Waals surface area contributed by atoms with Crippen LogP contribution in [0.1, 0.15) is 34.6 Å². The van der Waals surface area contributed by atoms with Crippen molar-refractivity contribution in [1.82, 2.24) is 14.9 Å². The monoisotopic (exact) mass is 491 g/mol. The number of aromatic nitrogens is 2. The Morgan fingerprint density at radius 2 is 1.74 bits per heavy atom. The van der Waals surface area contributed by atoms with Gasteiger partial charge in [0.2, 0.25) is 21.1 Å². The summed E-state index contributed by atoms with van der Waals surface area (Å²) in [6.07, 6.45) is 0. The lowest BCUT2D eigenvalue weighted by molar-refractivity contribution is -0.123. The Bertz CT molecular complexity index is 1170. The minimum absolute atomic E-state index is 0.0183. The average molecular weight is 492 g/mol. The van der Waals surface area contributed by atoms with Crippen LogP contribution in [0.15, 0.2) is 27.4 Å². The molecular weight excluding hydrogens is 466 g/mol. The summed E-state index contributed by atoms with van der Waals surface area (Å²) in [5.41, 5.74) is -0.795. The highest BCUT2D eigenvalue weighted by Crippen LogP contribution is 2.31. The molecule has 31 heavy (non-hydrogen) atoms. The van der Waals surface area contributed by atoms with Gasteiger partial charge >= 0.3 is 0 Å². The Balaban J connectivity index is 2.35. The van der Waals surface area contributed by atoms with Gasteiger partial charge in [-0.25, -0.2) is 13.1 Å². The molecule has 2 aromatic rings. The maximum Gasteiger partial charge on any atom is 0.291 e. The van der Waals surface area contributed by atoms with Crippen molar-refractivity contribution in [2.75, 3.05) is 17.1 Å². The highest BCUT2D eigenvalue weighted by molar-refractivity contribution is 7.94. The van der Waals surface area contributed by atoms with Gasteiger partial charge in [-0.2, -0.15) is 8.42 Å². The predicted octanol–water partition coefficient (Wildman–Crippen LogP) is 2.02. The number of carbonyl (C=O) groups excluding carboxylic acids is 1. The standard InChI is InChI=1S/C17H25N5O6S3/c1-10(2)21-30(24,25)11-7-8-13(28-6)12(9-11)22-31(26,27)16-20-19-15(29-16)18-14(23)17(3,4)5/h7-10,21-22H,1-6H3,(H,18,19,23). The van der Waals surface area contributed by atoms with Gasteiger partial charge in [0.25, 0.3) is 14.4 Å². The Morgan fingerprint density at radius 3 is 2.29 bits per heavy atom. The molecule has 0 aliphatic heterocycles. The van der Waals surface area contributed by atoms with Crippen LogP contribution in [-0.2, 0) is 24.8 Å². The van der Waals surface area contributed by atoms with Crippen LogP contribution in [0.5, 0.6) is 5.75 Å². The quantitative estimate of drug-likeness (QED) is 0.473. The van der Waals surface area contributed by atoms with Gasteiger partial charge in [0.15, 0.2) is 0 Å². The fourth-order valence-electron chi connectivity index (χ4n) is 2.15. The number of amides is 1. The number of ether oxygens (including phenoxy) is 1. The van der Waals surface area contributed by atoms with Gasteiger partial charge in [-0.3, -0.25) is 9.52 Å². The zero-order chi connectivity index (χ0) is 23.6. The molecule has 2 rings (SSSR count). The summed E-state index contributed by atoms with van der Waals surface area (Å²) < 4.78 is 59.8. The van der Waals surface area contributed by atoms with E-state index in [-0.39, 0.29) is 33.4 Å². The summed E-state index contributed by atoms with van der Waals surface area (Å²) in [6, 6.07) is 3.42. The molecule has 0 saturated heterocycles. The molecule has 1 amide bonds. The number of methoxy groups -OCH3 is 1. The zero-order valence-corrected chi connectivity index (χ0v) is 20.3. The van der Waals surface area contributed by atoms with Crippen molar-refractivity contribution in [3.63, 3.8) is 0 Å². The third-order valence-electron chi connectivity index (χ3n) is 3.65. The molecule has 0 bridgehead atoms. The van der Waals surface area contributed by atoms with Crippen LogP contribution in [-0.4, -0.2) is 46.1 Å². The molecule has 0 aliphatic carbocycles. The molecule has 11 nitrogen and oxygen atoms in total. The molecule has 0 atom stereocenters. The van der Waals surface area contributed by atoms with Gasteiger partial charge in [0.1, 0.15) is 5.75 Å². The van der Waals surface area contributed by atoms with E-state index in [1.807, 2.05) is 0 Å². The van der Waals surface area contributed by atoms with Gasteiger partial charge in [-0.05, 0) is 32.0 Å². The van der Waals surface area contributed by atoms with Crippen molar-refractivity contribution in [3.05, 3.63) is 18.2 Å². The van der Waals surface area contributed by atoms with Crippen molar-refractivity contribution >= 4 is 48.1 Å². The number of rotatable bonds is 8. The summed E-state index contributed by atoms with van der Waals surface area (Å²) >= 11 is 0.659. The number of sulfonamides is 2. The van der Waals surface area contributed by atoms with E-state index < -0.39 is 29.8 Å². The van der Waals surface area contributed by atoms with Crippen molar-refractivity contribution in [1.29, 1.82) is 0 Å². The first kappa shape index (κ1) is 25.0. The summed E-state index contributed by atoms with van der Waals surface area (Å²) in [5.74, 6) is -0.240. The van der Waals surface area contributed by atoms with Crippen LogP contribution < -0.4 is 19.5 Å². The van der Waals surface area contributed by atoms with Crippen LogP contribution in [0.3, 0.4) is 0 Å². The van der Waals surface area contributed by atoms with E-state index in [9.17, 15) is 21.6 Å². The maximum absolute atomic E-state index is 12.8. The fraction of sp³-hybridized carbons (Fsp3) is 0.471. The fourth-order valence-corrected chi connectivity index (χ4v) is 5.39. The van der Waals surface area contributed by atoms with E-state index in [0.717, 1.165) is 6.07 Å². The van der Waals surface area contributed by atoms with E-state index >= 15 is 0 Å². The lowest BCUT2D eigenvalue weighted by atomic mass is 9.96. The molecule has 0 aliphatic rings. The van der Waals surface area contributed by atoms with Crippen LogP contribution >= 0.6 is 11.3 Å². The average Bonchev–Trinajstić information content (AvgIpc) is 3.09. The molecule has 0 unspecified atom stereocenters. The smallest absolute Gasteiger partial charge is 0.291 e. The third-order valence-corrected chi connectivity index (χ3v) is 7.88. The number of hydrogen-bond acceptors (Lipinski definition) is 9. The number of anilines is 2. The van der Waals surface area contributed by atoms with Crippen LogP contribution in [0.2, 0.25) is 0 Å². The van der Waals surface area contributed by atoms with E-state index in [2.05, 4.69) is 25.0 Å². The molecule has 3 N–H and O–H groups in total. The third kappa shape index (κ3) is 6.35. The van der Waals surface area contributed by atoms with E-state index in [1.54, 1.807) is 34.6 Å². The summed E-state index contributed by atoms with van der Waals surface area (Å²) in [7, 11) is -6.78. The minimum Gasteiger partial charge on any atom is -0.495 e. The Hall–Kier alpha value is -2.29. The second kappa shape index (κ2) is 9.06. The van der Waals surface area contributed by atoms with E-state index in [0.29, 0.717) is 11.3 Å². The highest BCUT2D eigenvalue weighted by atomic mass is 32.2. The topological polar surface area (TPSA) is 156 Å². The number of nitrogens with one attached hydrogen (secondary N) is 3. The van der Waals surface area contributed by atoms with Crippen LogP contribution in [0.4, 0.5) is 10.8 Å². The Kier molecular flexibility index (Phi) is 7.30. The summed E-state index contributed by atoms with van der Waals surface area (Å²) in [4.78, 5) is 11.9. The van der Waals surface area contributed by atoms with E-state index in [1.165, 1.54) is 19.2 Å². The summed E-state index contributed by atoms with van der Waals surface area (Å²) in [6.45, 7) is 8.42. The molecule has 172 valence electrons. The molecule has 1 aromatic heterocycles. The molecule has 1 heterocycles. The number of hydrogen-bond donors (Lipinski definition) is 3. The first-order valence-electron chi connectivity index (χ1n) is 9.04. The van der Waals surface area contributed by atoms with Crippen molar-refractivity contribution < 1.29 is 26.4 Å². The summed E-state index contributed by atoms with van der Waals surface area (Å²) in [5, 5.41) is 9.83. The lowest BCUT2D eigenvalue weighted by Gasteiger charge is -2.15. The normalized spacial score (nSPS) is 12.6. The molecular formula is C17H25N5O6S3. The van der Waals surface area contributed by atoms with Crippen LogP contribution in [0, 0.1) is 5.41 Å². The SMILES string of the molecule is COc1ccc(S(=O)(=O)NC(C)C)cc1NS(=O)(=O)c1nnc(NC(=O)C(C)(C)C)s1. The number of nitrogens with zero attached hydrogens (tertiary/aromatic N) is 2. The van der Waals surface area contributed by atoms with Crippen molar-refractivity contribution in [2.45, 2.75) is 49.9 Å². The zero-order valence-electron chi connectivity index (χ0n) is 17.9. The number of benzene rings is 1. The predicted molar refractivity (Wildman–Crippen MR) is 117 cm³/mol. The van der Waals surface area contributed by atoms with Crippen molar-refractivity contribution in [2.24, 2.45) is 5.41 Å². The van der Waals surface area contributed by atoms with E-state index in [4.69, 9.17) is 4.74 Å².